The topological polar surface area (TPSA) is 55.6 Å². The van der Waals surface area contributed by atoms with E-state index in [9.17, 15) is 4.79 Å². The molecule has 2 N–H and O–H groups in total. The molecule has 0 aliphatic carbocycles. The summed E-state index contributed by atoms with van der Waals surface area (Å²) in [5.41, 5.74) is 6.85. The molecule has 1 rings (SSSR count). The summed E-state index contributed by atoms with van der Waals surface area (Å²) in [6.07, 6.45) is 0. The van der Waals surface area contributed by atoms with Gasteiger partial charge in [-0.25, -0.2) is 0 Å². The number of rotatable bonds is 4. The molecule has 0 atom stereocenters. The van der Waals surface area contributed by atoms with E-state index >= 15 is 0 Å². The van der Waals surface area contributed by atoms with Crippen LogP contribution in [0.15, 0.2) is 18.2 Å². The summed E-state index contributed by atoms with van der Waals surface area (Å²) in [6, 6.07) is 5.10. The highest BCUT2D eigenvalue weighted by molar-refractivity contribution is 5.95. The van der Waals surface area contributed by atoms with Gasteiger partial charge in [0, 0.05) is 19.2 Å². The SMILES string of the molecule is COc1ccc(C(=O)N(C)CC(C)C)cc1N. The first-order valence-electron chi connectivity index (χ1n) is 5.64. The molecule has 1 amide bonds. The van der Waals surface area contributed by atoms with Crippen molar-refractivity contribution < 1.29 is 9.53 Å². The number of amides is 1. The number of nitrogens with two attached hydrogens (primary N) is 1. The first-order valence-corrected chi connectivity index (χ1v) is 5.64. The molecule has 1 aromatic rings. The molecule has 0 spiro atoms. The highest BCUT2D eigenvalue weighted by atomic mass is 16.5. The van der Waals surface area contributed by atoms with Crippen LogP contribution in [0.4, 0.5) is 5.69 Å². The van der Waals surface area contributed by atoms with Crippen molar-refractivity contribution in [1.29, 1.82) is 0 Å². The fourth-order valence-electron chi connectivity index (χ4n) is 1.72. The molecule has 1 aromatic carbocycles. The van der Waals surface area contributed by atoms with Crippen molar-refractivity contribution >= 4 is 11.6 Å². The number of methoxy groups -OCH3 is 1. The number of ether oxygens (including phenoxy) is 1. The van der Waals surface area contributed by atoms with Crippen LogP contribution < -0.4 is 10.5 Å². The Kier molecular flexibility index (Phi) is 4.37. The summed E-state index contributed by atoms with van der Waals surface area (Å²) in [6.45, 7) is 4.88. The summed E-state index contributed by atoms with van der Waals surface area (Å²) in [7, 11) is 3.35. The van der Waals surface area contributed by atoms with Gasteiger partial charge in [-0.05, 0) is 24.1 Å². The molecule has 0 heterocycles. The third kappa shape index (κ3) is 3.37. The predicted molar refractivity (Wildman–Crippen MR) is 69.2 cm³/mol. The fourth-order valence-corrected chi connectivity index (χ4v) is 1.72. The van der Waals surface area contributed by atoms with E-state index in [0.29, 0.717) is 22.9 Å². The van der Waals surface area contributed by atoms with Crippen molar-refractivity contribution in [2.75, 3.05) is 26.4 Å². The van der Waals surface area contributed by atoms with E-state index < -0.39 is 0 Å². The molecule has 0 unspecified atom stereocenters. The Morgan fingerprint density at radius 1 is 1.47 bits per heavy atom. The molecule has 0 bridgehead atoms. The van der Waals surface area contributed by atoms with Gasteiger partial charge in [-0.15, -0.1) is 0 Å². The lowest BCUT2D eigenvalue weighted by Gasteiger charge is -2.19. The standard InChI is InChI=1S/C13H20N2O2/c1-9(2)8-15(3)13(16)10-5-6-12(17-4)11(14)7-10/h5-7,9H,8,14H2,1-4H3. The van der Waals surface area contributed by atoms with E-state index in [1.807, 2.05) is 0 Å². The molecule has 4 nitrogen and oxygen atoms in total. The summed E-state index contributed by atoms with van der Waals surface area (Å²) < 4.78 is 5.05. The molecule has 4 heteroatoms. The van der Waals surface area contributed by atoms with Gasteiger partial charge in [0.1, 0.15) is 5.75 Å². The van der Waals surface area contributed by atoms with Crippen molar-refractivity contribution in [2.24, 2.45) is 5.92 Å². The zero-order chi connectivity index (χ0) is 13.0. The average Bonchev–Trinajstić information content (AvgIpc) is 2.27. The Hall–Kier alpha value is -1.71. The van der Waals surface area contributed by atoms with Crippen LogP contribution in [0.3, 0.4) is 0 Å². The molecule has 17 heavy (non-hydrogen) atoms. The van der Waals surface area contributed by atoms with Gasteiger partial charge in [0.2, 0.25) is 0 Å². The van der Waals surface area contributed by atoms with Crippen molar-refractivity contribution in [2.45, 2.75) is 13.8 Å². The Labute approximate surface area is 102 Å². The third-order valence-corrected chi connectivity index (χ3v) is 2.46. The van der Waals surface area contributed by atoms with Crippen LogP contribution in [-0.2, 0) is 0 Å². The van der Waals surface area contributed by atoms with Crippen LogP contribution in [0.25, 0.3) is 0 Å². The van der Waals surface area contributed by atoms with Crippen LogP contribution in [0, 0.1) is 5.92 Å². The fraction of sp³-hybridized carbons (Fsp3) is 0.462. The highest BCUT2D eigenvalue weighted by Crippen LogP contribution is 2.22. The lowest BCUT2D eigenvalue weighted by atomic mass is 10.1. The largest absolute Gasteiger partial charge is 0.495 e. The molecule has 0 saturated carbocycles. The quantitative estimate of drug-likeness (QED) is 0.813. The van der Waals surface area contributed by atoms with Crippen molar-refractivity contribution in [3.8, 4) is 5.75 Å². The van der Waals surface area contributed by atoms with Crippen LogP contribution in [0.1, 0.15) is 24.2 Å². The summed E-state index contributed by atoms with van der Waals surface area (Å²) in [5, 5.41) is 0. The number of carbonyl (C=O) groups is 1. The van der Waals surface area contributed by atoms with Gasteiger partial charge in [-0.1, -0.05) is 13.8 Å². The zero-order valence-electron chi connectivity index (χ0n) is 10.9. The molecule has 0 fully saturated rings. The van der Waals surface area contributed by atoms with Gasteiger partial charge in [0.05, 0.1) is 12.8 Å². The number of hydrogen-bond donors (Lipinski definition) is 1. The second-order valence-electron chi connectivity index (χ2n) is 4.54. The molecule has 0 aliphatic heterocycles. The molecule has 0 saturated heterocycles. The number of hydrogen-bond acceptors (Lipinski definition) is 3. The van der Waals surface area contributed by atoms with Gasteiger partial charge < -0.3 is 15.4 Å². The molecular formula is C13H20N2O2. The number of anilines is 1. The maximum Gasteiger partial charge on any atom is 0.253 e. The highest BCUT2D eigenvalue weighted by Gasteiger charge is 2.14. The monoisotopic (exact) mass is 236 g/mol. The summed E-state index contributed by atoms with van der Waals surface area (Å²) >= 11 is 0. The second-order valence-corrected chi connectivity index (χ2v) is 4.54. The minimum absolute atomic E-state index is 0.0203. The minimum Gasteiger partial charge on any atom is -0.495 e. The Morgan fingerprint density at radius 3 is 2.59 bits per heavy atom. The number of nitrogens with zero attached hydrogens (tertiary/aromatic N) is 1. The lowest BCUT2D eigenvalue weighted by molar-refractivity contribution is 0.0779. The van der Waals surface area contributed by atoms with E-state index in [0.717, 1.165) is 6.54 Å². The van der Waals surface area contributed by atoms with Gasteiger partial charge in [0.15, 0.2) is 0 Å². The number of nitrogen functional groups attached to an aromatic ring is 1. The van der Waals surface area contributed by atoms with Crippen molar-refractivity contribution in [3.63, 3.8) is 0 Å². The molecule has 0 aromatic heterocycles. The van der Waals surface area contributed by atoms with Crippen LogP contribution in [-0.4, -0.2) is 31.5 Å². The van der Waals surface area contributed by atoms with E-state index in [-0.39, 0.29) is 5.91 Å². The van der Waals surface area contributed by atoms with Crippen LogP contribution >= 0.6 is 0 Å². The van der Waals surface area contributed by atoms with Crippen molar-refractivity contribution in [3.05, 3.63) is 23.8 Å². The molecule has 0 aliphatic rings. The van der Waals surface area contributed by atoms with E-state index in [1.165, 1.54) is 0 Å². The van der Waals surface area contributed by atoms with Gasteiger partial charge in [-0.2, -0.15) is 0 Å². The first-order chi connectivity index (χ1) is 7.95. The van der Waals surface area contributed by atoms with Gasteiger partial charge in [-0.3, -0.25) is 4.79 Å². The zero-order valence-corrected chi connectivity index (χ0v) is 10.9. The maximum absolute atomic E-state index is 12.1. The lowest BCUT2D eigenvalue weighted by Crippen LogP contribution is -2.30. The normalized spacial score (nSPS) is 10.4. The number of benzene rings is 1. The minimum atomic E-state index is -0.0203. The number of carbonyl (C=O) groups excluding carboxylic acids is 1. The van der Waals surface area contributed by atoms with Gasteiger partial charge in [0.25, 0.3) is 5.91 Å². The van der Waals surface area contributed by atoms with Crippen molar-refractivity contribution in [1.82, 2.24) is 4.90 Å². The summed E-state index contributed by atoms with van der Waals surface area (Å²) in [5.74, 6) is 1.01. The Bertz CT molecular complexity index is 402. The van der Waals surface area contributed by atoms with E-state index in [4.69, 9.17) is 10.5 Å². The van der Waals surface area contributed by atoms with E-state index in [2.05, 4.69) is 13.8 Å². The summed E-state index contributed by atoms with van der Waals surface area (Å²) in [4.78, 5) is 13.8. The molecule has 0 radical (unpaired) electrons. The van der Waals surface area contributed by atoms with Crippen LogP contribution in [0.2, 0.25) is 0 Å². The Balaban J connectivity index is 2.86. The average molecular weight is 236 g/mol. The smallest absolute Gasteiger partial charge is 0.253 e. The van der Waals surface area contributed by atoms with Gasteiger partial charge >= 0.3 is 0 Å². The third-order valence-electron chi connectivity index (χ3n) is 2.46. The van der Waals surface area contributed by atoms with E-state index in [1.54, 1.807) is 37.3 Å². The first kappa shape index (κ1) is 13.4. The maximum atomic E-state index is 12.1. The second kappa shape index (κ2) is 5.57. The molecule has 94 valence electrons. The molecular weight excluding hydrogens is 216 g/mol. The Morgan fingerprint density at radius 2 is 2.12 bits per heavy atom. The predicted octanol–water partition coefficient (Wildman–Crippen LogP) is 2.01. The van der Waals surface area contributed by atoms with Crippen LogP contribution in [0.5, 0.6) is 5.75 Å².